The van der Waals surface area contributed by atoms with Crippen LogP contribution in [0, 0.1) is 6.92 Å². The smallest absolute Gasteiger partial charge is 0.326 e. The molecule has 1 atom stereocenters. The van der Waals surface area contributed by atoms with E-state index in [1.807, 2.05) is 25.1 Å². The Morgan fingerprint density at radius 3 is 3.18 bits per heavy atom. The molecule has 3 rings (SSSR count). The number of aromatic amines is 1. The number of hydrogen-bond acceptors (Lipinski definition) is 2. The minimum atomic E-state index is -0.0406. The molecule has 1 aliphatic heterocycles. The lowest BCUT2D eigenvalue weighted by Gasteiger charge is -2.10. The Kier molecular flexibility index (Phi) is 2.52. The molecule has 1 aromatic carbocycles. The van der Waals surface area contributed by atoms with Crippen LogP contribution in [-0.4, -0.2) is 22.3 Å². The Labute approximate surface area is 99.2 Å². The molecule has 1 aromatic heterocycles. The number of nitrogens with zero attached hydrogens (tertiary/aromatic N) is 1. The Morgan fingerprint density at radius 2 is 2.41 bits per heavy atom. The maximum Gasteiger partial charge on any atom is 0.326 e. The number of benzene rings is 1. The first-order chi connectivity index (χ1) is 8.24. The molecule has 1 saturated heterocycles. The van der Waals surface area contributed by atoms with Gasteiger partial charge in [-0.05, 0) is 37.5 Å². The van der Waals surface area contributed by atoms with E-state index in [0.717, 1.165) is 36.0 Å². The Bertz CT molecular complexity index is 591. The molecule has 0 aliphatic carbocycles. The predicted octanol–water partition coefficient (Wildman–Crippen LogP) is 1.82. The van der Waals surface area contributed by atoms with Crippen molar-refractivity contribution in [2.45, 2.75) is 32.4 Å². The first kappa shape index (κ1) is 10.6. The standard InChI is InChI=1S/C13H16N2O2/c1-9-4-5-12-11(7-9)14-13(16)15(12)8-10-3-2-6-17-10/h4-5,7,10H,2-3,6,8H2,1H3,(H,14,16). The van der Waals surface area contributed by atoms with Crippen molar-refractivity contribution < 1.29 is 4.74 Å². The third kappa shape index (κ3) is 1.89. The van der Waals surface area contributed by atoms with Gasteiger partial charge >= 0.3 is 5.69 Å². The molecule has 1 N–H and O–H groups in total. The monoisotopic (exact) mass is 232 g/mol. The van der Waals surface area contributed by atoms with Gasteiger partial charge < -0.3 is 9.72 Å². The lowest BCUT2D eigenvalue weighted by atomic mass is 10.2. The average molecular weight is 232 g/mol. The minimum absolute atomic E-state index is 0.0406. The summed E-state index contributed by atoms with van der Waals surface area (Å²) in [5, 5.41) is 0. The number of H-pyrrole nitrogens is 1. The van der Waals surface area contributed by atoms with Gasteiger partial charge in [-0.3, -0.25) is 4.57 Å². The summed E-state index contributed by atoms with van der Waals surface area (Å²) in [6.45, 7) is 3.50. The van der Waals surface area contributed by atoms with Gasteiger partial charge in [0.2, 0.25) is 0 Å². The van der Waals surface area contributed by atoms with E-state index in [-0.39, 0.29) is 11.8 Å². The molecular weight excluding hydrogens is 216 g/mol. The summed E-state index contributed by atoms with van der Waals surface area (Å²) in [4.78, 5) is 14.8. The fourth-order valence-corrected chi connectivity index (χ4v) is 2.45. The fourth-order valence-electron chi connectivity index (χ4n) is 2.45. The van der Waals surface area contributed by atoms with Gasteiger partial charge in [-0.1, -0.05) is 6.07 Å². The molecule has 17 heavy (non-hydrogen) atoms. The molecule has 2 aromatic rings. The number of fused-ring (bicyclic) bond motifs is 1. The van der Waals surface area contributed by atoms with Gasteiger partial charge in [0.05, 0.1) is 23.7 Å². The van der Waals surface area contributed by atoms with Crippen LogP contribution in [0.2, 0.25) is 0 Å². The normalized spacial score (nSPS) is 20.2. The van der Waals surface area contributed by atoms with Crippen molar-refractivity contribution in [3.05, 3.63) is 34.2 Å². The van der Waals surface area contributed by atoms with E-state index in [1.165, 1.54) is 0 Å². The average Bonchev–Trinajstić information content (AvgIpc) is 2.88. The molecule has 0 amide bonds. The Morgan fingerprint density at radius 1 is 1.53 bits per heavy atom. The lowest BCUT2D eigenvalue weighted by molar-refractivity contribution is 0.0972. The molecule has 4 nitrogen and oxygen atoms in total. The van der Waals surface area contributed by atoms with Crippen molar-refractivity contribution in [1.82, 2.24) is 9.55 Å². The topological polar surface area (TPSA) is 47.0 Å². The highest BCUT2D eigenvalue weighted by Gasteiger charge is 2.18. The van der Waals surface area contributed by atoms with Crippen molar-refractivity contribution in [3.8, 4) is 0 Å². The second-order valence-electron chi connectivity index (χ2n) is 4.70. The van der Waals surface area contributed by atoms with E-state index in [2.05, 4.69) is 4.98 Å². The fraction of sp³-hybridized carbons (Fsp3) is 0.462. The van der Waals surface area contributed by atoms with E-state index in [9.17, 15) is 4.79 Å². The molecule has 90 valence electrons. The number of aryl methyl sites for hydroxylation is 1. The summed E-state index contributed by atoms with van der Waals surface area (Å²) in [5.41, 5.74) is 2.99. The van der Waals surface area contributed by atoms with Crippen molar-refractivity contribution in [2.75, 3.05) is 6.61 Å². The second kappa shape index (κ2) is 4.04. The summed E-state index contributed by atoms with van der Waals surface area (Å²) in [7, 11) is 0. The van der Waals surface area contributed by atoms with Crippen LogP contribution >= 0.6 is 0 Å². The second-order valence-corrected chi connectivity index (χ2v) is 4.70. The zero-order valence-corrected chi connectivity index (χ0v) is 9.90. The van der Waals surface area contributed by atoms with Crippen LogP contribution in [0.15, 0.2) is 23.0 Å². The van der Waals surface area contributed by atoms with Gasteiger partial charge in [-0.2, -0.15) is 0 Å². The largest absolute Gasteiger partial charge is 0.376 e. The highest BCUT2D eigenvalue weighted by molar-refractivity contribution is 5.75. The molecule has 4 heteroatoms. The Hall–Kier alpha value is -1.55. The number of rotatable bonds is 2. The van der Waals surface area contributed by atoms with Crippen LogP contribution in [0.1, 0.15) is 18.4 Å². The van der Waals surface area contributed by atoms with Crippen LogP contribution in [0.25, 0.3) is 11.0 Å². The molecule has 1 fully saturated rings. The van der Waals surface area contributed by atoms with Crippen LogP contribution in [0.5, 0.6) is 0 Å². The number of nitrogens with one attached hydrogen (secondary N) is 1. The van der Waals surface area contributed by atoms with E-state index < -0.39 is 0 Å². The number of aromatic nitrogens is 2. The van der Waals surface area contributed by atoms with E-state index in [4.69, 9.17) is 4.74 Å². The maximum atomic E-state index is 11.9. The highest BCUT2D eigenvalue weighted by Crippen LogP contribution is 2.17. The highest BCUT2D eigenvalue weighted by atomic mass is 16.5. The first-order valence-corrected chi connectivity index (χ1v) is 6.05. The van der Waals surface area contributed by atoms with Crippen LogP contribution < -0.4 is 5.69 Å². The predicted molar refractivity (Wildman–Crippen MR) is 66.3 cm³/mol. The van der Waals surface area contributed by atoms with E-state index >= 15 is 0 Å². The van der Waals surface area contributed by atoms with E-state index in [0.29, 0.717) is 6.54 Å². The van der Waals surface area contributed by atoms with Crippen molar-refractivity contribution >= 4 is 11.0 Å². The quantitative estimate of drug-likeness (QED) is 0.858. The Balaban J connectivity index is 2.02. The summed E-state index contributed by atoms with van der Waals surface area (Å²) in [6.07, 6.45) is 2.33. The molecular formula is C13H16N2O2. The van der Waals surface area contributed by atoms with E-state index in [1.54, 1.807) is 4.57 Å². The van der Waals surface area contributed by atoms with Gasteiger partial charge in [-0.15, -0.1) is 0 Å². The first-order valence-electron chi connectivity index (χ1n) is 6.05. The molecule has 1 unspecified atom stereocenters. The molecule has 0 radical (unpaired) electrons. The molecule has 2 heterocycles. The molecule has 0 spiro atoms. The number of ether oxygens (including phenoxy) is 1. The zero-order valence-electron chi connectivity index (χ0n) is 9.90. The van der Waals surface area contributed by atoms with Crippen LogP contribution in [0.4, 0.5) is 0 Å². The molecule has 0 bridgehead atoms. The van der Waals surface area contributed by atoms with Gasteiger partial charge in [0.15, 0.2) is 0 Å². The zero-order chi connectivity index (χ0) is 11.8. The van der Waals surface area contributed by atoms with Gasteiger partial charge in [-0.25, -0.2) is 4.79 Å². The third-order valence-electron chi connectivity index (χ3n) is 3.34. The summed E-state index contributed by atoms with van der Waals surface area (Å²) >= 11 is 0. The van der Waals surface area contributed by atoms with Crippen molar-refractivity contribution in [3.63, 3.8) is 0 Å². The third-order valence-corrected chi connectivity index (χ3v) is 3.34. The van der Waals surface area contributed by atoms with Crippen LogP contribution in [-0.2, 0) is 11.3 Å². The van der Waals surface area contributed by atoms with Crippen molar-refractivity contribution in [2.24, 2.45) is 0 Å². The SMILES string of the molecule is Cc1ccc2c(c1)[nH]c(=O)n2CC1CCCO1. The van der Waals surface area contributed by atoms with Crippen LogP contribution in [0.3, 0.4) is 0 Å². The van der Waals surface area contributed by atoms with Gasteiger partial charge in [0.25, 0.3) is 0 Å². The summed E-state index contributed by atoms with van der Waals surface area (Å²) < 4.78 is 7.36. The minimum Gasteiger partial charge on any atom is -0.376 e. The number of imidazole rings is 1. The summed E-state index contributed by atoms with van der Waals surface area (Å²) in [5.74, 6) is 0. The molecule has 0 saturated carbocycles. The van der Waals surface area contributed by atoms with Crippen molar-refractivity contribution in [1.29, 1.82) is 0 Å². The summed E-state index contributed by atoms with van der Waals surface area (Å²) in [6, 6.07) is 6.03. The van der Waals surface area contributed by atoms with Gasteiger partial charge in [0, 0.05) is 6.61 Å². The molecule has 1 aliphatic rings. The van der Waals surface area contributed by atoms with Gasteiger partial charge in [0.1, 0.15) is 0 Å². The number of hydrogen-bond donors (Lipinski definition) is 1. The lowest BCUT2D eigenvalue weighted by Crippen LogP contribution is -2.24. The maximum absolute atomic E-state index is 11.9.